The molecule has 1 N–H and O–H groups in total. The van der Waals surface area contributed by atoms with E-state index < -0.39 is 0 Å². The Labute approximate surface area is 165 Å². The second-order valence-corrected chi connectivity index (χ2v) is 6.96. The molecule has 0 bridgehead atoms. The van der Waals surface area contributed by atoms with Gasteiger partial charge in [0.15, 0.2) is 0 Å². The third kappa shape index (κ3) is 3.87. The minimum atomic E-state index is -0.217. The summed E-state index contributed by atoms with van der Waals surface area (Å²) < 4.78 is 1.73. The van der Waals surface area contributed by atoms with Crippen molar-refractivity contribution in [3.63, 3.8) is 0 Å². The fraction of sp³-hybridized carbons (Fsp3) is 0.235. The van der Waals surface area contributed by atoms with E-state index in [1.807, 2.05) is 6.92 Å². The number of aromatic nitrogens is 4. The lowest BCUT2D eigenvalue weighted by atomic mass is 10.1. The molecule has 0 unspecified atom stereocenters. The van der Waals surface area contributed by atoms with Gasteiger partial charge in [0.25, 0.3) is 5.91 Å². The summed E-state index contributed by atoms with van der Waals surface area (Å²) in [5.41, 5.74) is 2.38. The Bertz CT molecular complexity index is 950. The van der Waals surface area contributed by atoms with E-state index >= 15 is 0 Å². The predicted molar refractivity (Wildman–Crippen MR) is 103 cm³/mol. The van der Waals surface area contributed by atoms with Crippen LogP contribution in [-0.2, 0) is 13.1 Å². The summed E-state index contributed by atoms with van der Waals surface area (Å²) in [6.07, 6.45) is 1.74. The van der Waals surface area contributed by atoms with Gasteiger partial charge >= 0.3 is 0 Å². The molecular weight excluding hydrogens is 397 g/mol. The van der Waals surface area contributed by atoms with Crippen LogP contribution < -0.4 is 0 Å². The Morgan fingerprint density at radius 1 is 1.19 bits per heavy atom. The van der Waals surface area contributed by atoms with Crippen molar-refractivity contribution < 1.29 is 4.79 Å². The van der Waals surface area contributed by atoms with Crippen molar-refractivity contribution in [1.82, 2.24) is 24.9 Å². The van der Waals surface area contributed by atoms with E-state index in [-0.39, 0.29) is 5.91 Å². The summed E-state index contributed by atoms with van der Waals surface area (Å²) in [5.74, 6) is -0.217. The molecule has 0 atom stereocenters. The molecule has 0 aliphatic heterocycles. The highest BCUT2D eigenvalue weighted by atomic mass is 35.5. The summed E-state index contributed by atoms with van der Waals surface area (Å²) in [5, 5.41) is 12.7. The van der Waals surface area contributed by atoms with Gasteiger partial charge in [0.05, 0.1) is 27.3 Å². The molecule has 2 aromatic heterocycles. The molecule has 136 valence electrons. The Hall–Kier alpha value is -2.02. The smallest absolute Gasteiger partial charge is 0.271 e. The number of nitrogens with one attached hydrogen (secondary N) is 1. The summed E-state index contributed by atoms with van der Waals surface area (Å²) >= 11 is 18.1. The van der Waals surface area contributed by atoms with E-state index in [1.54, 1.807) is 42.2 Å². The molecule has 0 aliphatic carbocycles. The Morgan fingerprint density at radius 2 is 1.96 bits per heavy atom. The maximum absolute atomic E-state index is 12.6. The van der Waals surface area contributed by atoms with Crippen molar-refractivity contribution in [2.24, 2.45) is 0 Å². The van der Waals surface area contributed by atoms with Crippen LogP contribution in [0.4, 0.5) is 0 Å². The van der Waals surface area contributed by atoms with Crippen molar-refractivity contribution in [2.75, 3.05) is 7.05 Å². The minimum absolute atomic E-state index is 0.217. The van der Waals surface area contributed by atoms with Gasteiger partial charge in [-0.1, -0.05) is 40.9 Å². The quantitative estimate of drug-likeness (QED) is 0.669. The molecule has 0 saturated carbocycles. The second kappa shape index (κ2) is 7.70. The van der Waals surface area contributed by atoms with Crippen molar-refractivity contribution in [2.45, 2.75) is 20.0 Å². The average Bonchev–Trinajstić information content (AvgIpc) is 3.24. The molecule has 0 saturated heterocycles. The Kier molecular flexibility index (Phi) is 5.55. The normalized spacial score (nSPS) is 11.0. The fourth-order valence-corrected chi connectivity index (χ4v) is 2.95. The molecule has 26 heavy (non-hydrogen) atoms. The van der Waals surface area contributed by atoms with Gasteiger partial charge in [0, 0.05) is 25.4 Å². The first kappa shape index (κ1) is 18.8. The number of hydrogen-bond donors (Lipinski definition) is 1. The van der Waals surface area contributed by atoms with E-state index in [0.29, 0.717) is 45.2 Å². The number of carbonyl (C=O) groups is 1. The highest BCUT2D eigenvalue weighted by Crippen LogP contribution is 2.28. The van der Waals surface area contributed by atoms with E-state index in [0.717, 1.165) is 5.56 Å². The molecule has 3 aromatic rings. The summed E-state index contributed by atoms with van der Waals surface area (Å²) in [6.45, 7) is 2.98. The zero-order valence-corrected chi connectivity index (χ0v) is 16.4. The predicted octanol–water partition coefficient (Wildman–Crippen LogP) is 4.53. The lowest BCUT2D eigenvalue weighted by Crippen LogP contribution is -2.27. The van der Waals surface area contributed by atoms with Crippen LogP contribution in [0.15, 0.2) is 30.5 Å². The second-order valence-electron chi connectivity index (χ2n) is 5.74. The van der Waals surface area contributed by atoms with Crippen LogP contribution >= 0.6 is 34.8 Å². The molecular formula is C17H16Cl3N5O. The van der Waals surface area contributed by atoms with Gasteiger partial charge in [0.2, 0.25) is 0 Å². The van der Waals surface area contributed by atoms with Crippen molar-refractivity contribution in [1.29, 1.82) is 0 Å². The lowest BCUT2D eigenvalue weighted by Gasteiger charge is -2.14. The average molecular weight is 413 g/mol. The Balaban J connectivity index is 1.76. The van der Waals surface area contributed by atoms with E-state index in [2.05, 4.69) is 15.3 Å². The van der Waals surface area contributed by atoms with Crippen LogP contribution in [0.5, 0.6) is 0 Å². The third-order valence-electron chi connectivity index (χ3n) is 3.87. The van der Waals surface area contributed by atoms with Gasteiger partial charge in [-0.3, -0.25) is 14.6 Å². The molecule has 1 amide bonds. The van der Waals surface area contributed by atoms with E-state index in [1.165, 1.54) is 4.90 Å². The molecule has 0 fully saturated rings. The highest BCUT2D eigenvalue weighted by Gasteiger charge is 2.18. The summed E-state index contributed by atoms with van der Waals surface area (Å²) in [7, 11) is 1.68. The number of halogens is 3. The number of carbonyl (C=O) groups excluding carboxylic acids is 1. The zero-order valence-electron chi connectivity index (χ0n) is 14.1. The van der Waals surface area contributed by atoms with Crippen LogP contribution in [0, 0.1) is 0 Å². The SMILES string of the molecule is CCn1cc(Cl)c(CN(C)C(=O)c2cc(-c3ccc(Cl)c(Cl)c3)n[nH]2)n1. The van der Waals surface area contributed by atoms with Gasteiger partial charge in [0.1, 0.15) is 11.4 Å². The number of aromatic amines is 1. The summed E-state index contributed by atoms with van der Waals surface area (Å²) in [6, 6.07) is 6.85. The molecule has 9 heteroatoms. The van der Waals surface area contributed by atoms with E-state index in [9.17, 15) is 4.79 Å². The van der Waals surface area contributed by atoms with E-state index in [4.69, 9.17) is 34.8 Å². The molecule has 0 radical (unpaired) electrons. The largest absolute Gasteiger partial charge is 0.334 e. The summed E-state index contributed by atoms with van der Waals surface area (Å²) in [4.78, 5) is 14.2. The fourth-order valence-electron chi connectivity index (χ4n) is 2.44. The van der Waals surface area contributed by atoms with Crippen molar-refractivity contribution >= 4 is 40.7 Å². The molecule has 0 spiro atoms. The maximum atomic E-state index is 12.6. The van der Waals surface area contributed by atoms with Crippen molar-refractivity contribution in [3.8, 4) is 11.3 Å². The standard InChI is InChI=1S/C17H16Cl3N5O/c1-3-25-8-13(20)16(23-25)9-24(2)17(26)15-7-14(21-22-15)10-4-5-11(18)12(19)6-10/h4-8H,3,9H2,1-2H3,(H,21,22). The lowest BCUT2D eigenvalue weighted by molar-refractivity contribution is 0.0777. The molecule has 6 nitrogen and oxygen atoms in total. The zero-order chi connectivity index (χ0) is 18.8. The van der Waals surface area contributed by atoms with Gasteiger partial charge in [-0.25, -0.2) is 0 Å². The van der Waals surface area contributed by atoms with Crippen LogP contribution in [0.3, 0.4) is 0 Å². The topological polar surface area (TPSA) is 66.8 Å². The first-order valence-corrected chi connectivity index (χ1v) is 9.00. The first-order chi connectivity index (χ1) is 12.4. The number of hydrogen-bond acceptors (Lipinski definition) is 3. The van der Waals surface area contributed by atoms with Crippen LogP contribution in [0.25, 0.3) is 11.3 Å². The van der Waals surface area contributed by atoms with Crippen LogP contribution in [-0.4, -0.2) is 37.8 Å². The number of aryl methyl sites for hydroxylation is 1. The highest BCUT2D eigenvalue weighted by molar-refractivity contribution is 6.42. The molecule has 1 aromatic carbocycles. The Morgan fingerprint density at radius 3 is 2.62 bits per heavy atom. The van der Waals surface area contributed by atoms with Crippen LogP contribution in [0.2, 0.25) is 15.1 Å². The van der Waals surface area contributed by atoms with Gasteiger partial charge in [-0.2, -0.15) is 10.2 Å². The molecule has 3 rings (SSSR count). The van der Waals surface area contributed by atoms with Gasteiger partial charge in [-0.15, -0.1) is 0 Å². The first-order valence-electron chi connectivity index (χ1n) is 7.87. The van der Waals surface area contributed by atoms with Crippen molar-refractivity contribution in [3.05, 3.63) is 56.9 Å². The third-order valence-corrected chi connectivity index (χ3v) is 4.92. The van der Waals surface area contributed by atoms with Crippen LogP contribution in [0.1, 0.15) is 23.1 Å². The number of nitrogens with zero attached hydrogens (tertiary/aromatic N) is 4. The molecule has 2 heterocycles. The van der Waals surface area contributed by atoms with Gasteiger partial charge < -0.3 is 4.90 Å². The minimum Gasteiger partial charge on any atom is -0.334 e. The molecule has 0 aliphatic rings. The van der Waals surface area contributed by atoms with Gasteiger partial charge in [-0.05, 0) is 25.1 Å². The monoisotopic (exact) mass is 411 g/mol. The number of amides is 1. The number of rotatable bonds is 5. The number of H-pyrrole nitrogens is 1. The number of benzene rings is 1. The maximum Gasteiger partial charge on any atom is 0.271 e.